The minimum Gasteiger partial charge on any atom is -0.293 e. The summed E-state index contributed by atoms with van der Waals surface area (Å²) in [5.41, 5.74) is 6.88. The summed E-state index contributed by atoms with van der Waals surface area (Å²) in [6.45, 7) is 6.31. The van der Waals surface area contributed by atoms with Gasteiger partial charge in [0, 0.05) is 0 Å². The average Bonchev–Trinajstić information content (AvgIpc) is 2.27. The summed E-state index contributed by atoms with van der Waals surface area (Å²) in [6, 6.07) is 4.19. The number of aryl methyl sites for hydroxylation is 1. The first-order valence-electron chi connectivity index (χ1n) is 6.11. The van der Waals surface area contributed by atoms with E-state index in [1.807, 2.05) is 0 Å². The van der Waals surface area contributed by atoms with Crippen LogP contribution in [0.25, 0.3) is 0 Å². The van der Waals surface area contributed by atoms with Crippen molar-refractivity contribution in [3.05, 3.63) is 34.4 Å². The van der Waals surface area contributed by atoms with Crippen LogP contribution in [0.2, 0.25) is 0 Å². The molecule has 1 aliphatic carbocycles. The standard InChI is InChI=1S/C14H20N2O/c1-9-5-6-12(11(3)10(9)2)14(7-4-8-14)13(17)16-15/h5-6H,4,7-8,15H2,1-3H3,(H,16,17). The molecule has 3 N–H and O–H groups in total. The molecule has 0 radical (unpaired) electrons. The summed E-state index contributed by atoms with van der Waals surface area (Å²) in [5, 5.41) is 0. The van der Waals surface area contributed by atoms with Crippen molar-refractivity contribution in [2.75, 3.05) is 0 Å². The molecule has 0 aliphatic heterocycles. The highest BCUT2D eigenvalue weighted by molar-refractivity contribution is 5.89. The summed E-state index contributed by atoms with van der Waals surface area (Å²) in [7, 11) is 0. The van der Waals surface area contributed by atoms with Gasteiger partial charge >= 0.3 is 0 Å². The second kappa shape index (κ2) is 4.15. The van der Waals surface area contributed by atoms with Gasteiger partial charge in [-0.3, -0.25) is 10.2 Å². The van der Waals surface area contributed by atoms with Crippen molar-refractivity contribution in [1.29, 1.82) is 0 Å². The zero-order valence-corrected chi connectivity index (χ0v) is 10.8. The third-order valence-corrected chi connectivity index (χ3v) is 4.35. The first-order valence-corrected chi connectivity index (χ1v) is 6.11. The molecule has 1 aromatic rings. The molecule has 0 unspecified atom stereocenters. The molecule has 0 atom stereocenters. The van der Waals surface area contributed by atoms with Gasteiger partial charge in [0.05, 0.1) is 5.41 Å². The maximum absolute atomic E-state index is 12.0. The Kier molecular flexibility index (Phi) is 2.96. The number of benzene rings is 1. The van der Waals surface area contributed by atoms with E-state index >= 15 is 0 Å². The van der Waals surface area contributed by atoms with Crippen molar-refractivity contribution >= 4 is 5.91 Å². The van der Waals surface area contributed by atoms with Crippen molar-refractivity contribution < 1.29 is 4.79 Å². The molecule has 0 aromatic heterocycles. The topological polar surface area (TPSA) is 55.1 Å². The smallest absolute Gasteiger partial charge is 0.244 e. The molecule has 1 saturated carbocycles. The van der Waals surface area contributed by atoms with Crippen LogP contribution in [0.4, 0.5) is 0 Å². The van der Waals surface area contributed by atoms with E-state index in [1.165, 1.54) is 16.7 Å². The van der Waals surface area contributed by atoms with Gasteiger partial charge in [-0.1, -0.05) is 18.6 Å². The van der Waals surface area contributed by atoms with Crippen LogP contribution in [0.15, 0.2) is 12.1 Å². The highest BCUT2D eigenvalue weighted by Gasteiger charge is 2.46. The molecule has 1 aliphatic rings. The fourth-order valence-electron chi connectivity index (χ4n) is 2.76. The Morgan fingerprint density at radius 3 is 2.35 bits per heavy atom. The van der Waals surface area contributed by atoms with Gasteiger partial charge in [0.15, 0.2) is 0 Å². The maximum atomic E-state index is 12.0. The fourth-order valence-corrected chi connectivity index (χ4v) is 2.76. The highest BCUT2D eigenvalue weighted by atomic mass is 16.2. The van der Waals surface area contributed by atoms with E-state index in [9.17, 15) is 4.79 Å². The highest BCUT2D eigenvalue weighted by Crippen LogP contribution is 2.45. The Labute approximate surface area is 102 Å². The number of nitrogens with one attached hydrogen (secondary N) is 1. The molecule has 0 spiro atoms. The van der Waals surface area contributed by atoms with E-state index in [0.29, 0.717) is 0 Å². The number of carbonyl (C=O) groups is 1. The Morgan fingerprint density at radius 2 is 1.88 bits per heavy atom. The van der Waals surface area contributed by atoms with Crippen molar-refractivity contribution in [2.24, 2.45) is 5.84 Å². The number of carbonyl (C=O) groups excluding carboxylic acids is 1. The summed E-state index contributed by atoms with van der Waals surface area (Å²) in [4.78, 5) is 12.0. The van der Waals surface area contributed by atoms with Crippen molar-refractivity contribution in [3.63, 3.8) is 0 Å². The van der Waals surface area contributed by atoms with Gasteiger partial charge in [0.1, 0.15) is 0 Å². The second-order valence-electron chi connectivity index (χ2n) is 5.09. The number of rotatable bonds is 2. The Bertz CT molecular complexity index is 462. The van der Waals surface area contributed by atoms with Crippen LogP contribution in [0.5, 0.6) is 0 Å². The van der Waals surface area contributed by atoms with Crippen molar-refractivity contribution in [2.45, 2.75) is 45.4 Å². The Balaban J connectivity index is 2.52. The Hall–Kier alpha value is -1.35. The van der Waals surface area contributed by atoms with E-state index < -0.39 is 0 Å². The molecule has 92 valence electrons. The lowest BCUT2D eigenvalue weighted by Crippen LogP contribution is -2.51. The summed E-state index contributed by atoms with van der Waals surface area (Å²) >= 11 is 0. The van der Waals surface area contributed by atoms with Crippen LogP contribution in [0.1, 0.15) is 41.5 Å². The molecule has 0 saturated heterocycles. The quantitative estimate of drug-likeness (QED) is 0.465. The molecule has 0 heterocycles. The zero-order chi connectivity index (χ0) is 12.6. The molecule has 1 aromatic carbocycles. The van der Waals surface area contributed by atoms with E-state index in [2.05, 4.69) is 38.3 Å². The van der Waals surface area contributed by atoms with Gasteiger partial charge in [-0.05, 0) is 55.9 Å². The van der Waals surface area contributed by atoms with Gasteiger partial charge in [0.2, 0.25) is 5.91 Å². The van der Waals surface area contributed by atoms with E-state index in [-0.39, 0.29) is 11.3 Å². The molecular formula is C14H20N2O. The minimum absolute atomic E-state index is 0.0462. The monoisotopic (exact) mass is 232 g/mol. The van der Waals surface area contributed by atoms with Gasteiger partial charge in [-0.15, -0.1) is 0 Å². The maximum Gasteiger partial charge on any atom is 0.244 e. The molecule has 0 bridgehead atoms. The lowest BCUT2D eigenvalue weighted by Gasteiger charge is -2.41. The summed E-state index contributed by atoms with van der Waals surface area (Å²) in [6.07, 6.45) is 2.90. The minimum atomic E-state index is -0.378. The van der Waals surface area contributed by atoms with E-state index in [0.717, 1.165) is 24.8 Å². The molecular weight excluding hydrogens is 212 g/mol. The average molecular weight is 232 g/mol. The van der Waals surface area contributed by atoms with Crippen LogP contribution in [0, 0.1) is 20.8 Å². The van der Waals surface area contributed by atoms with Gasteiger partial charge in [0.25, 0.3) is 0 Å². The second-order valence-corrected chi connectivity index (χ2v) is 5.09. The fraction of sp³-hybridized carbons (Fsp3) is 0.500. The Morgan fingerprint density at radius 1 is 1.24 bits per heavy atom. The van der Waals surface area contributed by atoms with Crippen LogP contribution >= 0.6 is 0 Å². The van der Waals surface area contributed by atoms with Crippen LogP contribution in [-0.2, 0) is 10.2 Å². The molecule has 1 amide bonds. The number of nitrogens with two attached hydrogens (primary N) is 1. The molecule has 1 fully saturated rings. The predicted molar refractivity (Wildman–Crippen MR) is 68.5 cm³/mol. The van der Waals surface area contributed by atoms with E-state index in [1.54, 1.807) is 0 Å². The molecule has 2 rings (SSSR count). The number of hydrogen-bond acceptors (Lipinski definition) is 2. The van der Waals surface area contributed by atoms with E-state index in [4.69, 9.17) is 5.84 Å². The van der Waals surface area contributed by atoms with Crippen molar-refractivity contribution in [1.82, 2.24) is 5.43 Å². The molecule has 17 heavy (non-hydrogen) atoms. The van der Waals surface area contributed by atoms with Crippen molar-refractivity contribution in [3.8, 4) is 0 Å². The van der Waals surface area contributed by atoms with Crippen LogP contribution < -0.4 is 11.3 Å². The summed E-state index contributed by atoms with van der Waals surface area (Å²) in [5.74, 6) is 5.28. The number of hydrogen-bond donors (Lipinski definition) is 2. The summed E-state index contributed by atoms with van der Waals surface area (Å²) < 4.78 is 0. The number of amides is 1. The normalized spacial score (nSPS) is 17.4. The lowest BCUT2D eigenvalue weighted by atomic mass is 9.62. The first-order chi connectivity index (χ1) is 8.03. The zero-order valence-electron chi connectivity index (χ0n) is 10.8. The van der Waals surface area contributed by atoms with Gasteiger partial charge < -0.3 is 0 Å². The first kappa shape index (κ1) is 12.1. The van der Waals surface area contributed by atoms with Crippen LogP contribution in [0.3, 0.4) is 0 Å². The van der Waals surface area contributed by atoms with Gasteiger partial charge in [-0.25, -0.2) is 5.84 Å². The largest absolute Gasteiger partial charge is 0.293 e. The third-order valence-electron chi connectivity index (χ3n) is 4.35. The third kappa shape index (κ3) is 1.65. The van der Waals surface area contributed by atoms with Crippen LogP contribution in [-0.4, -0.2) is 5.91 Å². The van der Waals surface area contributed by atoms with Gasteiger partial charge in [-0.2, -0.15) is 0 Å². The lowest BCUT2D eigenvalue weighted by molar-refractivity contribution is -0.130. The molecule has 3 heteroatoms. The molecule has 3 nitrogen and oxygen atoms in total. The SMILES string of the molecule is Cc1ccc(C2(C(=O)NN)CCC2)c(C)c1C. The predicted octanol–water partition coefficient (Wildman–Crippen LogP) is 2.02. The number of hydrazine groups is 1.